The molecule has 1 aromatic heterocycles. The van der Waals surface area contributed by atoms with Gasteiger partial charge in [-0.15, -0.1) is 0 Å². The monoisotopic (exact) mass is 372 g/mol. The Labute approximate surface area is 149 Å². The Bertz CT molecular complexity index is 633. The van der Waals surface area contributed by atoms with Gasteiger partial charge in [0.2, 0.25) is 0 Å². The molecule has 0 aliphatic carbocycles. The number of quaternary nitrogens is 1. The molecule has 1 aromatic carbocycles. The summed E-state index contributed by atoms with van der Waals surface area (Å²) in [6.45, 7) is 0.612. The van der Waals surface area contributed by atoms with E-state index in [0.717, 1.165) is 11.4 Å². The van der Waals surface area contributed by atoms with E-state index in [0.29, 0.717) is 28.3 Å². The molecule has 1 heterocycles. The van der Waals surface area contributed by atoms with Crippen molar-refractivity contribution >= 4 is 34.8 Å². The van der Waals surface area contributed by atoms with E-state index in [2.05, 4.69) is 10.6 Å². The summed E-state index contributed by atoms with van der Waals surface area (Å²) < 4.78 is 30.1. The number of hydrogen-bond acceptors (Lipinski definition) is 3. The van der Waals surface area contributed by atoms with Crippen LogP contribution in [-0.4, -0.2) is 31.5 Å². The second-order valence-electron chi connectivity index (χ2n) is 5.38. The maximum Gasteiger partial charge on any atom is 0.288 e. The Balaban J connectivity index is 1.86. The van der Waals surface area contributed by atoms with Crippen LogP contribution in [0.25, 0.3) is 0 Å². The van der Waals surface area contributed by atoms with Crippen LogP contribution in [0.5, 0.6) is 0 Å². The van der Waals surface area contributed by atoms with Crippen molar-refractivity contribution in [3.63, 3.8) is 0 Å². The van der Waals surface area contributed by atoms with Crippen LogP contribution in [0.2, 0.25) is 0 Å². The van der Waals surface area contributed by atoms with E-state index in [1.165, 1.54) is 4.90 Å². The van der Waals surface area contributed by atoms with E-state index < -0.39 is 5.76 Å². The normalized spacial score (nSPS) is 12.4. The first-order chi connectivity index (χ1) is 11.5. The highest BCUT2D eigenvalue weighted by Gasteiger charge is 2.20. The van der Waals surface area contributed by atoms with Gasteiger partial charge >= 0.3 is 0 Å². The van der Waals surface area contributed by atoms with Gasteiger partial charge in [0.25, 0.3) is 5.76 Å². The van der Waals surface area contributed by atoms with Crippen molar-refractivity contribution < 1.29 is 18.1 Å². The smallest absolute Gasteiger partial charge is 0.288 e. The van der Waals surface area contributed by atoms with Crippen LogP contribution in [-0.2, 0) is 0 Å². The number of halogens is 2. The number of thioether (sulfide) groups is 1. The van der Waals surface area contributed by atoms with E-state index in [9.17, 15) is 8.78 Å². The number of anilines is 1. The summed E-state index contributed by atoms with van der Waals surface area (Å²) in [5.41, 5.74) is 0.748. The van der Waals surface area contributed by atoms with Gasteiger partial charge in [-0.05, 0) is 48.6 Å². The standard InChI is InChI=1S/C16H19F2N3OS2/c1-21(2)13(14-4-3-9-22-14)10-19-16(23)20-11-5-7-12(8-6-11)24-15(17)18/h3-9,13,15H,10H2,1-2H3,(H2,19,20,23)/p+1/t13-/m0/s1. The lowest BCUT2D eigenvalue weighted by atomic mass is 10.2. The molecule has 4 nitrogen and oxygen atoms in total. The molecule has 0 spiro atoms. The van der Waals surface area contributed by atoms with E-state index >= 15 is 0 Å². The lowest BCUT2D eigenvalue weighted by molar-refractivity contribution is -0.891. The third-order valence-corrected chi connectivity index (χ3v) is 4.36. The molecule has 3 N–H and O–H groups in total. The van der Waals surface area contributed by atoms with Gasteiger partial charge in [0.1, 0.15) is 0 Å². The van der Waals surface area contributed by atoms with Gasteiger partial charge < -0.3 is 20.0 Å². The predicted octanol–water partition coefficient (Wildman–Crippen LogP) is 2.77. The quantitative estimate of drug-likeness (QED) is 0.515. The average molecular weight is 372 g/mol. The molecule has 0 unspecified atom stereocenters. The van der Waals surface area contributed by atoms with Crippen molar-refractivity contribution in [2.24, 2.45) is 0 Å². The van der Waals surface area contributed by atoms with Gasteiger partial charge in [0.15, 0.2) is 16.9 Å². The van der Waals surface area contributed by atoms with E-state index in [4.69, 9.17) is 16.6 Å². The fourth-order valence-electron chi connectivity index (χ4n) is 2.17. The average Bonchev–Trinajstić information content (AvgIpc) is 3.02. The van der Waals surface area contributed by atoms with Crippen LogP contribution in [0.15, 0.2) is 52.0 Å². The Morgan fingerprint density at radius 1 is 1.25 bits per heavy atom. The Kier molecular flexibility index (Phi) is 7.01. The fraction of sp³-hybridized carbons (Fsp3) is 0.312. The highest BCUT2D eigenvalue weighted by atomic mass is 32.2. The van der Waals surface area contributed by atoms with E-state index in [1.807, 2.05) is 26.2 Å². The first-order valence-electron chi connectivity index (χ1n) is 7.39. The second-order valence-corrected chi connectivity index (χ2v) is 6.85. The van der Waals surface area contributed by atoms with Gasteiger partial charge in [-0.3, -0.25) is 0 Å². The highest BCUT2D eigenvalue weighted by molar-refractivity contribution is 7.99. The van der Waals surface area contributed by atoms with E-state index in [-0.39, 0.29) is 6.04 Å². The van der Waals surface area contributed by atoms with Gasteiger partial charge in [0, 0.05) is 10.6 Å². The molecular formula is C16H20F2N3OS2+. The highest BCUT2D eigenvalue weighted by Crippen LogP contribution is 2.26. The number of furan rings is 1. The first-order valence-corrected chi connectivity index (χ1v) is 8.67. The minimum Gasteiger partial charge on any atom is -0.463 e. The molecule has 0 radical (unpaired) electrons. The maximum atomic E-state index is 12.3. The van der Waals surface area contributed by atoms with Crippen LogP contribution >= 0.6 is 24.0 Å². The van der Waals surface area contributed by atoms with Crippen LogP contribution in [0.1, 0.15) is 11.8 Å². The molecule has 0 bridgehead atoms. The third-order valence-electron chi connectivity index (χ3n) is 3.39. The number of thiocarbonyl (C=S) groups is 1. The largest absolute Gasteiger partial charge is 0.463 e. The summed E-state index contributed by atoms with van der Waals surface area (Å²) in [4.78, 5) is 1.73. The number of rotatable bonds is 7. The molecule has 0 saturated carbocycles. The number of likely N-dealkylation sites (N-methyl/N-ethyl adjacent to an activating group) is 1. The number of nitrogens with one attached hydrogen (secondary N) is 3. The zero-order chi connectivity index (χ0) is 17.5. The summed E-state index contributed by atoms with van der Waals surface area (Å²) >= 11 is 5.80. The van der Waals surface area contributed by atoms with Crippen LogP contribution in [0.4, 0.5) is 14.5 Å². The molecule has 0 fully saturated rings. The lowest BCUT2D eigenvalue weighted by Crippen LogP contribution is -3.07. The van der Waals surface area contributed by atoms with Gasteiger partial charge in [-0.25, -0.2) is 0 Å². The van der Waals surface area contributed by atoms with Crippen molar-refractivity contribution in [3.05, 3.63) is 48.4 Å². The minimum absolute atomic E-state index is 0.129. The predicted molar refractivity (Wildman–Crippen MR) is 96.8 cm³/mol. The molecule has 130 valence electrons. The summed E-state index contributed by atoms with van der Waals surface area (Å²) in [5.74, 6) is -1.53. The SMILES string of the molecule is C[NH+](C)[C@@H](CNC(=S)Nc1ccc(SC(F)F)cc1)c1ccco1. The molecule has 0 saturated heterocycles. The molecule has 8 heteroatoms. The summed E-state index contributed by atoms with van der Waals surface area (Å²) in [6, 6.07) is 10.6. The Morgan fingerprint density at radius 3 is 2.50 bits per heavy atom. The lowest BCUT2D eigenvalue weighted by Gasteiger charge is -2.20. The van der Waals surface area contributed by atoms with Gasteiger partial charge in [0.05, 0.1) is 26.9 Å². The summed E-state index contributed by atoms with van der Waals surface area (Å²) in [6.07, 6.45) is 1.65. The fourth-order valence-corrected chi connectivity index (χ4v) is 2.87. The molecule has 0 aliphatic heterocycles. The van der Waals surface area contributed by atoms with Crippen LogP contribution in [0.3, 0.4) is 0 Å². The second kappa shape index (κ2) is 9.00. The van der Waals surface area contributed by atoms with Crippen molar-refractivity contribution in [2.75, 3.05) is 26.0 Å². The van der Waals surface area contributed by atoms with Crippen molar-refractivity contribution in [1.29, 1.82) is 0 Å². The van der Waals surface area contributed by atoms with Gasteiger partial charge in [-0.2, -0.15) is 8.78 Å². The van der Waals surface area contributed by atoms with Crippen LogP contribution < -0.4 is 15.5 Å². The third kappa shape index (κ3) is 5.77. The van der Waals surface area contributed by atoms with Crippen LogP contribution in [0, 0.1) is 0 Å². The van der Waals surface area contributed by atoms with Crippen molar-refractivity contribution in [2.45, 2.75) is 16.7 Å². The zero-order valence-electron chi connectivity index (χ0n) is 13.4. The summed E-state index contributed by atoms with van der Waals surface area (Å²) in [7, 11) is 4.09. The zero-order valence-corrected chi connectivity index (χ0v) is 15.0. The van der Waals surface area contributed by atoms with Gasteiger partial charge in [-0.1, -0.05) is 11.8 Å². The van der Waals surface area contributed by atoms with Crippen molar-refractivity contribution in [3.8, 4) is 0 Å². The molecular weight excluding hydrogens is 352 g/mol. The first kappa shape index (κ1) is 18.7. The van der Waals surface area contributed by atoms with E-state index in [1.54, 1.807) is 30.5 Å². The minimum atomic E-state index is -2.42. The maximum absolute atomic E-state index is 12.3. The number of hydrogen-bond donors (Lipinski definition) is 3. The molecule has 0 amide bonds. The Hall–Kier alpha value is -1.64. The number of alkyl halides is 2. The van der Waals surface area contributed by atoms with Crippen molar-refractivity contribution in [1.82, 2.24) is 5.32 Å². The number of benzene rings is 1. The molecule has 0 aliphatic rings. The molecule has 2 aromatic rings. The molecule has 2 rings (SSSR count). The topological polar surface area (TPSA) is 41.6 Å². The molecule has 24 heavy (non-hydrogen) atoms. The summed E-state index contributed by atoms with van der Waals surface area (Å²) in [5, 5.41) is 6.68. The molecule has 1 atom stereocenters. The Morgan fingerprint density at radius 2 is 1.96 bits per heavy atom.